The number of amides is 1. The normalized spacial score (nSPS) is 26.7. The Morgan fingerprint density at radius 1 is 1.32 bits per heavy atom. The molecule has 1 aliphatic heterocycles. The number of aromatic nitrogens is 2. The fourth-order valence-corrected chi connectivity index (χ4v) is 4.63. The molecule has 2 aliphatic carbocycles. The topological polar surface area (TPSA) is 59.0 Å². The molecule has 0 saturated heterocycles. The molecule has 1 aromatic carbocycles. The van der Waals surface area contributed by atoms with Crippen LogP contribution < -0.4 is 10.6 Å². The van der Waals surface area contributed by atoms with Gasteiger partial charge in [0.2, 0.25) is 0 Å². The lowest BCUT2D eigenvalue weighted by Crippen LogP contribution is -2.40. The van der Waals surface area contributed by atoms with E-state index in [9.17, 15) is 4.79 Å². The van der Waals surface area contributed by atoms with E-state index in [-0.39, 0.29) is 11.4 Å². The lowest BCUT2D eigenvalue weighted by atomic mass is 9.83. The van der Waals surface area contributed by atoms with Crippen LogP contribution in [-0.4, -0.2) is 27.5 Å². The molecule has 3 atom stereocenters. The summed E-state index contributed by atoms with van der Waals surface area (Å²) in [5.41, 5.74) is 6.04. The second-order valence-corrected chi connectivity index (χ2v) is 9.08. The molecule has 3 unspecified atom stereocenters. The van der Waals surface area contributed by atoms with E-state index in [2.05, 4.69) is 77.4 Å². The van der Waals surface area contributed by atoms with Gasteiger partial charge in [-0.3, -0.25) is 9.36 Å². The summed E-state index contributed by atoms with van der Waals surface area (Å²) >= 11 is 0. The van der Waals surface area contributed by atoms with Crippen molar-refractivity contribution in [3.8, 4) is 0 Å². The number of carbonyl (C=O) groups excluding carboxylic acids is 1. The van der Waals surface area contributed by atoms with Gasteiger partial charge in [-0.15, -0.1) is 0 Å². The van der Waals surface area contributed by atoms with Crippen LogP contribution in [0.15, 0.2) is 78.3 Å². The molecule has 0 saturated carbocycles. The van der Waals surface area contributed by atoms with Gasteiger partial charge < -0.3 is 10.6 Å². The van der Waals surface area contributed by atoms with Crippen molar-refractivity contribution in [3.05, 3.63) is 83.9 Å². The number of hydrogen-bond acceptors (Lipinski definition) is 3. The van der Waals surface area contributed by atoms with Crippen LogP contribution in [0, 0.1) is 11.8 Å². The number of allylic oxidation sites excluding steroid dienone is 4. The smallest absolute Gasteiger partial charge is 0.251 e. The monoisotopic (exact) mass is 412 g/mol. The number of rotatable bonds is 4. The van der Waals surface area contributed by atoms with Crippen molar-refractivity contribution < 1.29 is 4.79 Å². The van der Waals surface area contributed by atoms with Gasteiger partial charge in [0.25, 0.3) is 5.91 Å². The van der Waals surface area contributed by atoms with Crippen molar-refractivity contribution in [1.29, 1.82) is 0 Å². The van der Waals surface area contributed by atoms with Crippen molar-refractivity contribution in [2.24, 2.45) is 11.8 Å². The SMILES string of the molecule is CC1=C(CNC(=O)c2ccc3c(c2)ncn3C2=CC3C=CNC3(C)C=C2)C=CC(C)C1. The summed E-state index contributed by atoms with van der Waals surface area (Å²) < 4.78 is 2.08. The Hall–Kier alpha value is -3.34. The van der Waals surface area contributed by atoms with Gasteiger partial charge in [-0.05, 0) is 62.2 Å². The molecule has 0 spiro atoms. The zero-order chi connectivity index (χ0) is 21.6. The predicted molar refractivity (Wildman–Crippen MR) is 125 cm³/mol. The fraction of sp³-hybridized carbons (Fsp3) is 0.308. The van der Waals surface area contributed by atoms with Crippen LogP contribution in [-0.2, 0) is 0 Å². The van der Waals surface area contributed by atoms with Crippen molar-refractivity contribution in [2.75, 3.05) is 6.54 Å². The maximum Gasteiger partial charge on any atom is 0.251 e. The van der Waals surface area contributed by atoms with Crippen LogP contribution in [0.5, 0.6) is 0 Å². The highest BCUT2D eigenvalue weighted by atomic mass is 16.1. The Morgan fingerprint density at radius 3 is 3.03 bits per heavy atom. The van der Waals surface area contributed by atoms with E-state index in [0.29, 0.717) is 23.9 Å². The Labute approximate surface area is 182 Å². The fourth-order valence-electron chi connectivity index (χ4n) is 4.63. The first kappa shape index (κ1) is 19.6. The van der Waals surface area contributed by atoms with Crippen LogP contribution >= 0.6 is 0 Å². The number of hydrogen-bond donors (Lipinski definition) is 2. The van der Waals surface area contributed by atoms with Gasteiger partial charge in [0.1, 0.15) is 6.33 Å². The molecule has 5 rings (SSSR count). The second kappa shape index (κ2) is 7.41. The van der Waals surface area contributed by atoms with Gasteiger partial charge in [0.05, 0.1) is 16.6 Å². The molecular formula is C26H28N4O. The van der Waals surface area contributed by atoms with Gasteiger partial charge >= 0.3 is 0 Å². The highest BCUT2D eigenvalue weighted by Gasteiger charge is 2.34. The number of nitrogens with one attached hydrogen (secondary N) is 2. The average molecular weight is 413 g/mol. The van der Waals surface area contributed by atoms with Crippen molar-refractivity contribution in [1.82, 2.24) is 20.2 Å². The molecule has 0 bridgehead atoms. The Balaban J connectivity index is 1.34. The Morgan fingerprint density at radius 2 is 2.19 bits per heavy atom. The van der Waals surface area contributed by atoms with E-state index in [0.717, 1.165) is 23.2 Å². The first-order chi connectivity index (χ1) is 14.9. The third-order valence-electron chi connectivity index (χ3n) is 6.67. The summed E-state index contributed by atoms with van der Waals surface area (Å²) in [6, 6.07) is 5.73. The summed E-state index contributed by atoms with van der Waals surface area (Å²) in [5, 5.41) is 6.47. The van der Waals surface area contributed by atoms with E-state index in [1.807, 2.05) is 30.7 Å². The van der Waals surface area contributed by atoms with Crippen LogP contribution in [0.25, 0.3) is 16.7 Å². The van der Waals surface area contributed by atoms with E-state index < -0.39 is 0 Å². The second-order valence-electron chi connectivity index (χ2n) is 9.08. The number of nitrogens with zero attached hydrogens (tertiary/aromatic N) is 2. The van der Waals surface area contributed by atoms with Crippen molar-refractivity contribution in [3.63, 3.8) is 0 Å². The summed E-state index contributed by atoms with van der Waals surface area (Å²) in [5.74, 6) is 0.809. The number of carbonyl (C=O) groups is 1. The summed E-state index contributed by atoms with van der Waals surface area (Å²) in [4.78, 5) is 17.3. The minimum absolute atomic E-state index is 0.0511. The molecule has 3 aliphatic rings. The molecule has 1 amide bonds. The van der Waals surface area contributed by atoms with E-state index in [1.54, 1.807) is 0 Å². The zero-order valence-corrected chi connectivity index (χ0v) is 18.2. The first-order valence-corrected chi connectivity index (χ1v) is 10.9. The molecule has 2 aromatic rings. The molecule has 5 heteroatoms. The van der Waals surface area contributed by atoms with Gasteiger partial charge in [0.15, 0.2) is 0 Å². The predicted octanol–water partition coefficient (Wildman–Crippen LogP) is 4.58. The molecule has 2 heterocycles. The number of fused-ring (bicyclic) bond motifs is 2. The van der Waals surface area contributed by atoms with Gasteiger partial charge in [-0.1, -0.05) is 42.9 Å². The third-order valence-corrected chi connectivity index (χ3v) is 6.67. The van der Waals surface area contributed by atoms with E-state index in [4.69, 9.17) is 0 Å². The van der Waals surface area contributed by atoms with Gasteiger partial charge in [-0.2, -0.15) is 0 Å². The van der Waals surface area contributed by atoms with Crippen LogP contribution in [0.1, 0.15) is 37.6 Å². The largest absolute Gasteiger partial charge is 0.382 e. The molecule has 0 radical (unpaired) electrons. The van der Waals surface area contributed by atoms with Crippen LogP contribution in [0.2, 0.25) is 0 Å². The Kier molecular flexibility index (Phi) is 4.69. The van der Waals surface area contributed by atoms with Crippen molar-refractivity contribution in [2.45, 2.75) is 32.7 Å². The standard InChI is InChI=1S/C26H28N4O/c1-17-4-5-20(18(2)12-17)15-27-25(31)19-6-7-24-23(13-19)28-16-30(24)22-8-10-26(3)21(14-22)9-11-29-26/h4-11,13-14,16-17,21,29H,12,15H2,1-3H3,(H,27,31). The zero-order valence-electron chi connectivity index (χ0n) is 18.2. The average Bonchev–Trinajstić information content (AvgIpc) is 3.35. The summed E-state index contributed by atoms with van der Waals surface area (Å²) in [6.07, 6.45) is 18.0. The van der Waals surface area contributed by atoms with Gasteiger partial charge in [-0.25, -0.2) is 4.98 Å². The lowest BCUT2D eigenvalue weighted by Gasteiger charge is -2.30. The molecule has 0 fully saturated rings. The minimum atomic E-state index is -0.0708. The molecular weight excluding hydrogens is 384 g/mol. The minimum Gasteiger partial charge on any atom is -0.382 e. The molecule has 2 N–H and O–H groups in total. The molecule has 1 aromatic heterocycles. The quantitative estimate of drug-likeness (QED) is 0.773. The highest BCUT2D eigenvalue weighted by Crippen LogP contribution is 2.34. The molecule has 31 heavy (non-hydrogen) atoms. The Bertz CT molecular complexity index is 1210. The highest BCUT2D eigenvalue weighted by molar-refractivity contribution is 5.98. The van der Waals surface area contributed by atoms with E-state index >= 15 is 0 Å². The van der Waals surface area contributed by atoms with E-state index in [1.165, 1.54) is 11.1 Å². The third kappa shape index (κ3) is 3.54. The summed E-state index contributed by atoms with van der Waals surface area (Å²) in [7, 11) is 0. The maximum absolute atomic E-state index is 12.7. The lowest BCUT2D eigenvalue weighted by molar-refractivity contribution is 0.0957. The maximum atomic E-state index is 12.7. The van der Waals surface area contributed by atoms with Crippen molar-refractivity contribution >= 4 is 22.6 Å². The first-order valence-electron chi connectivity index (χ1n) is 10.9. The summed E-state index contributed by atoms with van der Waals surface area (Å²) in [6.45, 7) is 7.11. The molecule has 158 valence electrons. The van der Waals surface area contributed by atoms with Gasteiger partial charge in [0, 0.05) is 23.7 Å². The van der Waals surface area contributed by atoms with Crippen LogP contribution in [0.4, 0.5) is 0 Å². The molecule has 5 nitrogen and oxygen atoms in total. The van der Waals surface area contributed by atoms with Crippen LogP contribution in [0.3, 0.4) is 0 Å². The number of imidazole rings is 1. The number of benzene rings is 1.